The highest BCUT2D eigenvalue weighted by Crippen LogP contribution is 2.33. The van der Waals surface area contributed by atoms with Gasteiger partial charge in [0, 0.05) is 12.6 Å². The molecule has 2 fully saturated rings. The molecule has 2 aliphatic rings. The molecule has 0 radical (unpaired) electrons. The first-order valence-corrected chi connectivity index (χ1v) is 7.54. The van der Waals surface area contributed by atoms with E-state index in [9.17, 15) is 22.4 Å². The molecule has 2 N–H and O–H groups in total. The van der Waals surface area contributed by atoms with E-state index in [1.165, 1.54) is 0 Å². The van der Waals surface area contributed by atoms with E-state index >= 15 is 0 Å². The maximum absolute atomic E-state index is 14.1. The highest BCUT2D eigenvalue weighted by molar-refractivity contribution is 5.81. The number of aliphatic carboxylic acids is 1. The summed E-state index contributed by atoms with van der Waals surface area (Å²) in [5.41, 5.74) is -0.803. The van der Waals surface area contributed by atoms with E-state index < -0.39 is 30.0 Å². The summed E-state index contributed by atoms with van der Waals surface area (Å²) in [7, 11) is 0. The Morgan fingerprint density at radius 1 is 1.46 bits per heavy atom. The van der Waals surface area contributed by atoms with Crippen LogP contribution < -0.4 is 5.32 Å². The maximum atomic E-state index is 14.1. The Kier molecular flexibility index (Phi) is 6.57. The molecule has 0 bridgehead atoms. The third-order valence-corrected chi connectivity index (χ3v) is 3.97. The summed E-state index contributed by atoms with van der Waals surface area (Å²) < 4.78 is 51.6. The summed E-state index contributed by atoms with van der Waals surface area (Å²) in [4.78, 5) is 22.6. The van der Waals surface area contributed by atoms with Crippen LogP contribution >= 0.6 is 0 Å². The summed E-state index contributed by atoms with van der Waals surface area (Å²) in [5, 5.41) is 10.1. The highest BCUT2D eigenvalue weighted by atomic mass is 19.4. The molecule has 10 heteroatoms. The van der Waals surface area contributed by atoms with Crippen molar-refractivity contribution in [2.24, 2.45) is 0 Å². The molecular weight excluding hydrogens is 336 g/mol. The summed E-state index contributed by atoms with van der Waals surface area (Å²) in [5.74, 6) is -2.79. The molecule has 0 aromatic carbocycles. The summed E-state index contributed by atoms with van der Waals surface area (Å²) >= 11 is 0. The molecule has 1 spiro atoms. The Bertz CT molecular complexity index is 472. The number of carbonyl (C=O) groups excluding carboxylic acids is 1. The molecule has 0 aromatic heterocycles. The molecule has 0 unspecified atom stereocenters. The highest BCUT2D eigenvalue weighted by Gasteiger charge is 2.50. The van der Waals surface area contributed by atoms with Gasteiger partial charge in [0.25, 0.3) is 5.91 Å². The minimum absolute atomic E-state index is 0.0312. The van der Waals surface area contributed by atoms with Crippen molar-refractivity contribution in [1.82, 2.24) is 10.2 Å². The molecule has 6 nitrogen and oxygen atoms in total. The second kappa shape index (κ2) is 7.64. The van der Waals surface area contributed by atoms with E-state index in [-0.39, 0.29) is 11.9 Å². The number of ether oxygens (including phenoxy) is 1. The minimum atomic E-state index is -5.08. The monoisotopic (exact) mass is 358 g/mol. The lowest BCUT2D eigenvalue weighted by molar-refractivity contribution is -0.203. The molecule has 140 valence electrons. The molecule has 2 heterocycles. The predicted octanol–water partition coefficient (Wildman–Crippen LogP) is 1.35. The number of piperidine rings is 1. The smallest absolute Gasteiger partial charge is 0.475 e. The van der Waals surface area contributed by atoms with Crippen LogP contribution in [0.2, 0.25) is 0 Å². The van der Waals surface area contributed by atoms with Crippen molar-refractivity contribution < 1.29 is 37.0 Å². The van der Waals surface area contributed by atoms with Crippen molar-refractivity contribution in [3.63, 3.8) is 0 Å². The van der Waals surface area contributed by atoms with Crippen molar-refractivity contribution in [3.05, 3.63) is 0 Å². The number of carboxylic acids is 1. The van der Waals surface area contributed by atoms with Crippen LogP contribution in [0.4, 0.5) is 17.6 Å². The number of carboxylic acid groups (broad SMARTS) is 1. The summed E-state index contributed by atoms with van der Waals surface area (Å²) in [6, 6.07) is 0.0906. The van der Waals surface area contributed by atoms with Crippen LogP contribution in [0.25, 0.3) is 0 Å². The first-order chi connectivity index (χ1) is 10.9. The lowest BCUT2D eigenvalue weighted by Crippen LogP contribution is -2.67. The normalized spacial score (nSPS) is 31.0. The van der Waals surface area contributed by atoms with E-state index in [2.05, 4.69) is 5.32 Å². The number of nitrogens with zero attached hydrogens (tertiary/aromatic N) is 1. The van der Waals surface area contributed by atoms with Crippen LogP contribution in [0.1, 0.15) is 27.2 Å². The fourth-order valence-electron chi connectivity index (χ4n) is 2.66. The van der Waals surface area contributed by atoms with Crippen LogP contribution in [-0.4, -0.2) is 71.6 Å². The van der Waals surface area contributed by atoms with Crippen LogP contribution in [0, 0.1) is 0 Å². The fraction of sp³-hybridized carbons (Fsp3) is 0.857. The SMILES string of the molecule is CC(C)N1C[C@@]2(CCNC[C@@H]2F)O[C@H](C)C1=O.O=C(O)C(F)(F)F. The topological polar surface area (TPSA) is 78.9 Å². The third kappa shape index (κ3) is 4.79. The first kappa shape index (κ1) is 20.6. The Labute approximate surface area is 137 Å². The second-order valence-electron chi connectivity index (χ2n) is 6.11. The van der Waals surface area contributed by atoms with Gasteiger partial charge < -0.3 is 20.1 Å². The quantitative estimate of drug-likeness (QED) is 0.692. The molecule has 2 saturated heterocycles. The number of nitrogens with one attached hydrogen (secondary N) is 1. The molecule has 24 heavy (non-hydrogen) atoms. The number of morpholine rings is 1. The number of hydrogen-bond acceptors (Lipinski definition) is 4. The average molecular weight is 358 g/mol. The molecule has 0 saturated carbocycles. The fourth-order valence-corrected chi connectivity index (χ4v) is 2.66. The lowest BCUT2D eigenvalue weighted by Gasteiger charge is -2.49. The van der Waals surface area contributed by atoms with Crippen LogP contribution in [0.5, 0.6) is 0 Å². The van der Waals surface area contributed by atoms with E-state index in [0.717, 1.165) is 6.54 Å². The summed E-state index contributed by atoms with van der Waals surface area (Å²) in [6.07, 6.45) is -6.05. The predicted molar refractivity (Wildman–Crippen MR) is 76.2 cm³/mol. The van der Waals surface area contributed by atoms with Gasteiger partial charge in [0.1, 0.15) is 17.9 Å². The Morgan fingerprint density at radius 3 is 2.42 bits per heavy atom. The zero-order chi connectivity index (χ0) is 18.7. The number of hydrogen-bond donors (Lipinski definition) is 2. The largest absolute Gasteiger partial charge is 0.490 e. The first-order valence-electron chi connectivity index (χ1n) is 7.54. The molecule has 3 atom stereocenters. The van der Waals surface area contributed by atoms with Crippen LogP contribution in [0.15, 0.2) is 0 Å². The molecular formula is C14H22F4N2O4. The molecule has 2 aliphatic heterocycles. The zero-order valence-electron chi connectivity index (χ0n) is 13.7. The molecule has 0 aromatic rings. The maximum Gasteiger partial charge on any atom is 0.490 e. The lowest BCUT2D eigenvalue weighted by atomic mass is 9.87. The molecule has 0 aliphatic carbocycles. The van der Waals surface area contributed by atoms with Gasteiger partial charge in [-0.15, -0.1) is 0 Å². The van der Waals surface area contributed by atoms with E-state index in [1.54, 1.807) is 11.8 Å². The van der Waals surface area contributed by atoms with Gasteiger partial charge in [0.05, 0.1) is 6.54 Å². The van der Waals surface area contributed by atoms with Crippen molar-refractivity contribution in [1.29, 1.82) is 0 Å². The van der Waals surface area contributed by atoms with E-state index in [4.69, 9.17) is 14.6 Å². The average Bonchev–Trinajstić information content (AvgIpc) is 2.45. The van der Waals surface area contributed by atoms with Gasteiger partial charge in [-0.1, -0.05) is 0 Å². The second-order valence-corrected chi connectivity index (χ2v) is 6.11. The van der Waals surface area contributed by atoms with Gasteiger partial charge in [0.2, 0.25) is 0 Å². The van der Waals surface area contributed by atoms with Gasteiger partial charge in [-0.05, 0) is 33.7 Å². The van der Waals surface area contributed by atoms with Crippen molar-refractivity contribution in [3.8, 4) is 0 Å². The standard InChI is InChI=1S/C12H21FN2O2.C2HF3O2/c1-8(2)15-7-12(17-9(3)11(15)16)4-5-14-6-10(12)13;3-2(4,5)1(6)7/h8-10,14H,4-7H2,1-3H3;(H,6,7)/t9-,10+,12-;/m1./s1. The van der Waals surface area contributed by atoms with Crippen LogP contribution in [0.3, 0.4) is 0 Å². The Hall–Kier alpha value is -1.42. The molecule has 1 amide bonds. The molecule has 2 rings (SSSR count). The number of halogens is 4. The Morgan fingerprint density at radius 2 is 2.00 bits per heavy atom. The van der Waals surface area contributed by atoms with Gasteiger partial charge in [-0.3, -0.25) is 4.79 Å². The third-order valence-electron chi connectivity index (χ3n) is 3.97. The summed E-state index contributed by atoms with van der Waals surface area (Å²) in [6.45, 7) is 7.06. The number of carbonyl (C=O) groups is 2. The number of amides is 1. The Balaban J connectivity index is 0.000000351. The van der Waals surface area contributed by atoms with E-state index in [1.807, 2.05) is 13.8 Å². The zero-order valence-corrected chi connectivity index (χ0v) is 13.7. The van der Waals surface area contributed by atoms with Gasteiger partial charge in [-0.2, -0.15) is 13.2 Å². The van der Waals surface area contributed by atoms with Crippen LogP contribution in [-0.2, 0) is 14.3 Å². The minimum Gasteiger partial charge on any atom is -0.475 e. The van der Waals surface area contributed by atoms with E-state index in [0.29, 0.717) is 19.5 Å². The van der Waals surface area contributed by atoms with Crippen molar-refractivity contribution in [2.45, 2.75) is 57.3 Å². The number of alkyl halides is 4. The van der Waals surface area contributed by atoms with Crippen molar-refractivity contribution >= 4 is 11.9 Å². The van der Waals surface area contributed by atoms with Gasteiger partial charge in [-0.25, -0.2) is 9.18 Å². The van der Waals surface area contributed by atoms with Gasteiger partial charge in [0.15, 0.2) is 0 Å². The van der Waals surface area contributed by atoms with Crippen molar-refractivity contribution in [2.75, 3.05) is 19.6 Å². The number of rotatable bonds is 1. The van der Waals surface area contributed by atoms with Gasteiger partial charge >= 0.3 is 12.1 Å².